The second kappa shape index (κ2) is 8.57. The Bertz CT molecular complexity index is 881. The number of anilines is 1. The minimum Gasteiger partial charge on any atom is -0.497 e. The molecule has 0 radical (unpaired) electrons. The zero-order valence-corrected chi connectivity index (χ0v) is 15.7. The Hall–Kier alpha value is -2.74. The second-order valence-electron chi connectivity index (χ2n) is 5.46. The highest BCUT2D eigenvalue weighted by Crippen LogP contribution is 2.30. The SMILES string of the molecule is CCCNC(=O)c1cccc(S(=O)(=O)Nc2ccc(OC)cc2OC)c1. The van der Waals surface area contributed by atoms with Crippen LogP contribution in [0.25, 0.3) is 0 Å². The summed E-state index contributed by atoms with van der Waals surface area (Å²) < 4.78 is 38.1. The standard InChI is InChI=1S/C18H22N2O5S/c1-4-10-19-18(21)13-6-5-7-15(11-13)26(22,23)20-16-9-8-14(24-2)12-17(16)25-3/h5-9,11-12,20H,4,10H2,1-3H3,(H,19,21). The van der Waals surface area contributed by atoms with Gasteiger partial charge in [0.25, 0.3) is 15.9 Å². The van der Waals surface area contributed by atoms with Crippen molar-refractivity contribution in [3.8, 4) is 11.5 Å². The van der Waals surface area contributed by atoms with Crippen molar-refractivity contribution in [3.05, 3.63) is 48.0 Å². The number of amides is 1. The Kier molecular flexibility index (Phi) is 6.46. The van der Waals surface area contributed by atoms with E-state index in [9.17, 15) is 13.2 Å². The minimum absolute atomic E-state index is 0.0143. The highest BCUT2D eigenvalue weighted by molar-refractivity contribution is 7.92. The van der Waals surface area contributed by atoms with Gasteiger partial charge in [-0.25, -0.2) is 8.42 Å². The number of carbonyl (C=O) groups is 1. The Labute approximate surface area is 153 Å². The highest BCUT2D eigenvalue weighted by atomic mass is 32.2. The van der Waals surface area contributed by atoms with Crippen molar-refractivity contribution < 1.29 is 22.7 Å². The molecular weight excluding hydrogens is 356 g/mol. The fourth-order valence-corrected chi connectivity index (χ4v) is 3.35. The molecule has 0 aliphatic carbocycles. The topological polar surface area (TPSA) is 93.7 Å². The third-order valence-corrected chi connectivity index (χ3v) is 4.96. The maximum Gasteiger partial charge on any atom is 0.262 e. The van der Waals surface area contributed by atoms with Crippen LogP contribution in [-0.4, -0.2) is 35.1 Å². The molecule has 2 rings (SSSR count). The van der Waals surface area contributed by atoms with E-state index in [0.29, 0.717) is 18.0 Å². The third kappa shape index (κ3) is 4.66. The molecule has 0 spiro atoms. The van der Waals surface area contributed by atoms with Gasteiger partial charge in [-0.15, -0.1) is 0 Å². The van der Waals surface area contributed by atoms with Crippen molar-refractivity contribution in [2.45, 2.75) is 18.2 Å². The van der Waals surface area contributed by atoms with Crippen LogP contribution in [0.4, 0.5) is 5.69 Å². The number of carbonyl (C=O) groups excluding carboxylic acids is 1. The summed E-state index contributed by atoms with van der Waals surface area (Å²) in [7, 11) is -0.949. The van der Waals surface area contributed by atoms with Crippen molar-refractivity contribution in [1.29, 1.82) is 0 Å². The van der Waals surface area contributed by atoms with Crippen molar-refractivity contribution in [2.24, 2.45) is 0 Å². The first-order chi connectivity index (χ1) is 12.4. The molecule has 0 aromatic heterocycles. The number of nitrogens with one attached hydrogen (secondary N) is 2. The molecule has 8 heteroatoms. The summed E-state index contributed by atoms with van der Waals surface area (Å²) >= 11 is 0. The second-order valence-corrected chi connectivity index (χ2v) is 7.14. The normalized spacial score (nSPS) is 10.9. The lowest BCUT2D eigenvalue weighted by atomic mass is 10.2. The van der Waals surface area contributed by atoms with Gasteiger partial charge in [0.05, 0.1) is 24.8 Å². The monoisotopic (exact) mass is 378 g/mol. The molecule has 0 heterocycles. The molecule has 1 amide bonds. The molecule has 0 saturated heterocycles. The Morgan fingerprint density at radius 3 is 2.50 bits per heavy atom. The first kappa shape index (κ1) is 19.6. The predicted octanol–water partition coefficient (Wildman–Crippen LogP) is 2.64. The van der Waals surface area contributed by atoms with Gasteiger partial charge >= 0.3 is 0 Å². The number of rotatable bonds is 8. The van der Waals surface area contributed by atoms with E-state index in [1.807, 2.05) is 6.92 Å². The van der Waals surface area contributed by atoms with Gasteiger partial charge in [0, 0.05) is 18.2 Å². The molecule has 0 aliphatic heterocycles. The van der Waals surface area contributed by atoms with Crippen molar-refractivity contribution in [2.75, 3.05) is 25.5 Å². The van der Waals surface area contributed by atoms with Crippen molar-refractivity contribution >= 4 is 21.6 Å². The largest absolute Gasteiger partial charge is 0.497 e. The van der Waals surface area contributed by atoms with Crippen LogP contribution in [0.1, 0.15) is 23.7 Å². The van der Waals surface area contributed by atoms with Crippen LogP contribution in [0.2, 0.25) is 0 Å². The van der Waals surface area contributed by atoms with E-state index in [4.69, 9.17) is 9.47 Å². The first-order valence-corrected chi connectivity index (χ1v) is 9.52. The van der Waals surface area contributed by atoms with Crippen LogP contribution in [-0.2, 0) is 10.0 Å². The van der Waals surface area contributed by atoms with Gasteiger partial charge in [-0.1, -0.05) is 13.0 Å². The molecule has 0 aliphatic rings. The zero-order chi connectivity index (χ0) is 19.2. The van der Waals surface area contributed by atoms with Crippen LogP contribution >= 0.6 is 0 Å². The lowest BCUT2D eigenvalue weighted by Gasteiger charge is -2.13. The average molecular weight is 378 g/mol. The number of ether oxygens (including phenoxy) is 2. The van der Waals surface area contributed by atoms with Gasteiger partial charge in [0.15, 0.2) is 0 Å². The lowest BCUT2D eigenvalue weighted by molar-refractivity contribution is 0.0953. The van der Waals surface area contributed by atoms with Gasteiger partial charge in [-0.05, 0) is 36.8 Å². The van der Waals surface area contributed by atoms with E-state index in [1.54, 1.807) is 24.3 Å². The van der Waals surface area contributed by atoms with E-state index < -0.39 is 10.0 Å². The lowest BCUT2D eigenvalue weighted by Crippen LogP contribution is -2.24. The molecule has 2 aromatic carbocycles. The number of methoxy groups -OCH3 is 2. The molecule has 0 atom stereocenters. The third-order valence-electron chi connectivity index (χ3n) is 3.60. The first-order valence-electron chi connectivity index (χ1n) is 8.04. The van der Waals surface area contributed by atoms with E-state index in [-0.39, 0.29) is 22.1 Å². The van der Waals surface area contributed by atoms with Crippen molar-refractivity contribution in [1.82, 2.24) is 5.32 Å². The van der Waals surface area contributed by atoms with E-state index in [0.717, 1.165) is 6.42 Å². The highest BCUT2D eigenvalue weighted by Gasteiger charge is 2.18. The van der Waals surface area contributed by atoms with E-state index in [2.05, 4.69) is 10.0 Å². The van der Waals surface area contributed by atoms with Crippen LogP contribution in [0.3, 0.4) is 0 Å². The van der Waals surface area contributed by atoms with Crippen LogP contribution in [0.15, 0.2) is 47.4 Å². The summed E-state index contributed by atoms with van der Waals surface area (Å²) in [6.45, 7) is 2.46. The molecule has 7 nitrogen and oxygen atoms in total. The molecule has 0 saturated carbocycles. The van der Waals surface area contributed by atoms with Gasteiger partial charge in [0.2, 0.25) is 0 Å². The number of benzene rings is 2. The van der Waals surface area contributed by atoms with Gasteiger partial charge in [-0.2, -0.15) is 0 Å². The predicted molar refractivity (Wildman–Crippen MR) is 99.4 cm³/mol. The molecule has 26 heavy (non-hydrogen) atoms. The number of hydrogen-bond donors (Lipinski definition) is 2. The van der Waals surface area contributed by atoms with E-state index in [1.165, 1.54) is 32.4 Å². The molecule has 0 fully saturated rings. The van der Waals surface area contributed by atoms with Gasteiger partial charge in [-0.3, -0.25) is 9.52 Å². The zero-order valence-electron chi connectivity index (χ0n) is 14.9. The summed E-state index contributed by atoms with van der Waals surface area (Å²) in [5.41, 5.74) is 0.553. The number of sulfonamides is 1. The summed E-state index contributed by atoms with van der Waals surface area (Å²) in [6.07, 6.45) is 0.794. The van der Waals surface area contributed by atoms with Crippen LogP contribution in [0, 0.1) is 0 Å². The quantitative estimate of drug-likeness (QED) is 0.736. The van der Waals surface area contributed by atoms with Gasteiger partial charge in [0.1, 0.15) is 11.5 Å². The van der Waals surface area contributed by atoms with Crippen molar-refractivity contribution in [3.63, 3.8) is 0 Å². The molecule has 2 N–H and O–H groups in total. The maximum absolute atomic E-state index is 12.7. The molecule has 0 unspecified atom stereocenters. The molecular formula is C18H22N2O5S. The smallest absolute Gasteiger partial charge is 0.262 e. The Morgan fingerprint density at radius 2 is 1.85 bits per heavy atom. The average Bonchev–Trinajstić information content (AvgIpc) is 2.66. The Balaban J connectivity index is 2.29. The maximum atomic E-state index is 12.7. The molecule has 2 aromatic rings. The fraction of sp³-hybridized carbons (Fsp3) is 0.278. The summed E-state index contributed by atoms with van der Waals surface area (Å²) in [4.78, 5) is 12.0. The number of hydrogen-bond acceptors (Lipinski definition) is 5. The fourth-order valence-electron chi connectivity index (χ4n) is 2.23. The van der Waals surface area contributed by atoms with Crippen LogP contribution < -0.4 is 19.5 Å². The van der Waals surface area contributed by atoms with Gasteiger partial charge < -0.3 is 14.8 Å². The summed E-state index contributed by atoms with van der Waals surface area (Å²) in [5.74, 6) is 0.551. The molecule has 0 bridgehead atoms. The molecule has 140 valence electrons. The van der Waals surface area contributed by atoms with E-state index >= 15 is 0 Å². The summed E-state index contributed by atoms with van der Waals surface area (Å²) in [5, 5.41) is 2.72. The minimum atomic E-state index is -3.89. The van der Waals surface area contributed by atoms with Crippen LogP contribution in [0.5, 0.6) is 11.5 Å². The Morgan fingerprint density at radius 1 is 1.08 bits per heavy atom. The summed E-state index contributed by atoms with van der Waals surface area (Å²) in [6, 6.07) is 10.6.